The van der Waals surface area contributed by atoms with E-state index in [1.54, 1.807) is 0 Å². The molecule has 1 amide bonds. The molecular weight excluding hydrogens is 176 g/mol. The van der Waals surface area contributed by atoms with E-state index in [-0.39, 0.29) is 5.91 Å². The molecule has 0 heterocycles. The molecule has 0 bridgehead atoms. The van der Waals surface area contributed by atoms with Gasteiger partial charge < -0.3 is 11.1 Å². The van der Waals surface area contributed by atoms with E-state index in [4.69, 9.17) is 5.73 Å². The van der Waals surface area contributed by atoms with Crippen LogP contribution in [0.3, 0.4) is 0 Å². The fourth-order valence-electron chi connectivity index (χ4n) is 1.62. The predicted molar refractivity (Wildman–Crippen MR) is 57.8 cm³/mol. The van der Waals surface area contributed by atoms with Gasteiger partial charge in [-0.1, -0.05) is 27.2 Å². The number of rotatable bonds is 5. The average Bonchev–Trinajstić information content (AvgIpc) is 2.69. The van der Waals surface area contributed by atoms with Gasteiger partial charge in [0.15, 0.2) is 0 Å². The van der Waals surface area contributed by atoms with Gasteiger partial charge >= 0.3 is 0 Å². The molecule has 0 radical (unpaired) electrons. The molecule has 3 N–H and O–H groups in total. The molecule has 1 aliphatic carbocycles. The minimum atomic E-state index is 0.165. The molecular formula is C11H22N2O. The SMILES string of the molecule is CCC(CN)CC(=O)NC1CC1(C)C. The zero-order valence-electron chi connectivity index (χ0n) is 9.47. The summed E-state index contributed by atoms with van der Waals surface area (Å²) < 4.78 is 0. The van der Waals surface area contributed by atoms with Crippen LogP contribution < -0.4 is 11.1 Å². The van der Waals surface area contributed by atoms with Crippen molar-refractivity contribution in [2.24, 2.45) is 17.1 Å². The first-order chi connectivity index (χ1) is 6.49. The van der Waals surface area contributed by atoms with E-state index in [1.165, 1.54) is 0 Å². The van der Waals surface area contributed by atoms with Crippen LogP contribution >= 0.6 is 0 Å². The van der Waals surface area contributed by atoms with Crippen molar-refractivity contribution in [2.45, 2.75) is 46.1 Å². The molecule has 3 nitrogen and oxygen atoms in total. The fourth-order valence-corrected chi connectivity index (χ4v) is 1.62. The Morgan fingerprint density at radius 1 is 1.64 bits per heavy atom. The zero-order valence-corrected chi connectivity index (χ0v) is 9.47. The average molecular weight is 198 g/mol. The summed E-state index contributed by atoms with van der Waals surface area (Å²) in [5.41, 5.74) is 5.87. The maximum atomic E-state index is 11.5. The van der Waals surface area contributed by atoms with Crippen molar-refractivity contribution >= 4 is 5.91 Å². The molecule has 2 unspecified atom stereocenters. The summed E-state index contributed by atoms with van der Waals surface area (Å²) in [6, 6.07) is 0.394. The van der Waals surface area contributed by atoms with Crippen molar-refractivity contribution in [3.63, 3.8) is 0 Å². The van der Waals surface area contributed by atoms with E-state index in [1.807, 2.05) is 0 Å². The smallest absolute Gasteiger partial charge is 0.220 e. The van der Waals surface area contributed by atoms with Crippen LogP contribution in [-0.4, -0.2) is 18.5 Å². The Labute approximate surface area is 86.4 Å². The second-order valence-corrected chi connectivity index (χ2v) is 5.03. The topological polar surface area (TPSA) is 55.1 Å². The summed E-state index contributed by atoms with van der Waals surface area (Å²) in [5, 5.41) is 3.05. The van der Waals surface area contributed by atoms with Gasteiger partial charge in [0.05, 0.1) is 0 Å². The van der Waals surface area contributed by atoms with Crippen molar-refractivity contribution in [1.29, 1.82) is 0 Å². The fraction of sp³-hybridized carbons (Fsp3) is 0.909. The molecule has 0 aromatic heterocycles. The van der Waals surface area contributed by atoms with Crippen LogP contribution in [0.15, 0.2) is 0 Å². The highest BCUT2D eigenvalue weighted by Crippen LogP contribution is 2.44. The van der Waals surface area contributed by atoms with E-state index in [0.717, 1.165) is 12.8 Å². The third-order valence-electron chi connectivity index (χ3n) is 3.23. The maximum absolute atomic E-state index is 11.5. The molecule has 0 aliphatic heterocycles. The molecule has 0 aromatic carbocycles. The first kappa shape index (κ1) is 11.5. The van der Waals surface area contributed by atoms with Crippen molar-refractivity contribution < 1.29 is 4.79 Å². The molecule has 14 heavy (non-hydrogen) atoms. The standard InChI is InChI=1S/C11H22N2O/c1-4-8(7-12)5-10(14)13-9-6-11(9,2)3/h8-9H,4-7,12H2,1-3H3,(H,13,14). The maximum Gasteiger partial charge on any atom is 0.220 e. The lowest BCUT2D eigenvalue weighted by Gasteiger charge is -2.12. The van der Waals surface area contributed by atoms with Gasteiger partial charge in [-0.15, -0.1) is 0 Å². The van der Waals surface area contributed by atoms with E-state index in [2.05, 4.69) is 26.1 Å². The first-order valence-corrected chi connectivity index (χ1v) is 5.49. The minimum absolute atomic E-state index is 0.165. The van der Waals surface area contributed by atoms with Crippen molar-refractivity contribution in [2.75, 3.05) is 6.54 Å². The third kappa shape index (κ3) is 2.98. The Kier molecular flexibility index (Phi) is 3.53. The van der Waals surface area contributed by atoms with Crippen LogP contribution in [0.5, 0.6) is 0 Å². The molecule has 82 valence electrons. The number of nitrogens with two attached hydrogens (primary N) is 1. The summed E-state index contributed by atoms with van der Waals surface area (Å²) >= 11 is 0. The largest absolute Gasteiger partial charge is 0.353 e. The second kappa shape index (κ2) is 4.30. The molecule has 1 fully saturated rings. The Hall–Kier alpha value is -0.570. The second-order valence-electron chi connectivity index (χ2n) is 5.03. The highest BCUT2D eigenvalue weighted by molar-refractivity contribution is 5.77. The molecule has 1 rings (SSSR count). The lowest BCUT2D eigenvalue weighted by atomic mass is 10.0. The summed E-state index contributed by atoms with van der Waals surface area (Å²) in [4.78, 5) is 11.5. The van der Waals surface area contributed by atoms with Crippen molar-refractivity contribution in [3.05, 3.63) is 0 Å². The van der Waals surface area contributed by atoms with Crippen molar-refractivity contribution in [1.82, 2.24) is 5.32 Å². The van der Waals surface area contributed by atoms with Crippen LogP contribution in [0.4, 0.5) is 0 Å². The highest BCUT2D eigenvalue weighted by Gasteiger charge is 2.46. The monoisotopic (exact) mass is 198 g/mol. The van der Waals surface area contributed by atoms with Crippen LogP contribution in [0.2, 0.25) is 0 Å². The molecule has 0 aromatic rings. The zero-order chi connectivity index (χ0) is 10.8. The summed E-state index contributed by atoms with van der Waals surface area (Å²) in [6.45, 7) is 7.04. The molecule has 3 heteroatoms. The predicted octanol–water partition coefficient (Wildman–Crippen LogP) is 1.28. The third-order valence-corrected chi connectivity index (χ3v) is 3.23. The number of carbonyl (C=O) groups excluding carboxylic acids is 1. The molecule has 2 atom stereocenters. The van der Waals surface area contributed by atoms with Crippen LogP contribution in [0, 0.1) is 11.3 Å². The van der Waals surface area contributed by atoms with Gasteiger partial charge in [-0.05, 0) is 24.3 Å². The number of nitrogens with one attached hydrogen (secondary N) is 1. The Bertz CT molecular complexity index is 203. The number of hydrogen-bond acceptors (Lipinski definition) is 2. The Balaban J connectivity index is 2.23. The van der Waals surface area contributed by atoms with Crippen LogP contribution in [0.1, 0.15) is 40.0 Å². The number of hydrogen-bond donors (Lipinski definition) is 2. The lowest BCUT2D eigenvalue weighted by molar-refractivity contribution is -0.122. The van der Waals surface area contributed by atoms with Gasteiger partial charge in [0, 0.05) is 12.5 Å². The van der Waals surface area contributed by atoms with Crippen molar-refractivity contribution in [3.8, 4) is 0 Å². The summed E-state index contributed by atoms with van der Waals surface area (Å²) in [5.74, 6) is 0.509. The highest BCUT2D eigenvalue weighted by atomic mass is 16.1. The molecule has 0 saturated heterocycles. The summed E-state index contributed by atoms with van der Waals surface area (Å²) in [7, 11) is 0. The van der Waals surface area contributed by atoms with Crippen LogP contribution in [0.25, 0.3) is 0 Å². The Morgan fingerprint density at radius 3 is 2.57 bits per heavy atom. The quantitative estimate of drug-likeness (QED) is 0.699. The van der Waals surface area contributed by atoms with Gasteiger partial charge in [-0.3, -0.25) is 4.79 Å². The first-order valence-electron chi connectivity index (χ1n) is 5.49. The van der Waals surface area contributed by atoms with Gasteiger partial charge in [0.25, 0.3) is 0 Å². The van der Waals surface area contributed by atoms with E-state index in [9.17, 15) is 4.79 Å². The molecule has 1 saturated carbocycles. The number of carbonyl (C=O) groups is 1. The van der Waals surface area contributed by atoms with Gasteiger partial charge in [0.2, 0.25) is 5.91 Å². The van der Waals surface area contributed by atoms with Crippen LogP contribution in [-0.2, 0) is 4.79 Å². The molecule has 0 spiro atoms. The number of amides is 1. The van der Waals surface area contributed by atoms with Gasteiger partial charge in [-0.25, -0.2) is 0 Å². The normalized spacial score (nSPS) is 25.6. The van der Waals surface area contributed by atoms with E-state index >= 15 is 0 Å². The van der Waals surface area contributed by atoms with Gasteiger partial charge in [0.1, 0.15) is 0 Å². The Morgan fingerprint density at radius 2 is 2.21 bits per heavy atom. The summed E-state index contributed by atoms with van der Waals surface area (Å²) in [6.07, 6.45) is 2.68. The van der Waals surface area contributed by atoms with E-state index < -0.39 is 0 Å². The van der Waals surface area contributed by atoms with Gasteiger partial charge in [-0.2, -0.15) is 0 Å². The van der Waals surface area contributed by atoms with E-state index in [0.29, 0.717) is 30.3 Å². The molecule has 1 aliphatic rings. The minimum Gasteiger partial charge on any atom is -0.353 e. The lowest BCUT2D eigenvalue weighted by Crippen LogP contribution is -2.31.